The lowest BCUT2D eigenvalue weighted by molar-refractivity contribution is -0.115. The molecule has 1 aliphatic carbocycles. The molecule has 0 aromatic heterocycles. The minimum absolute atomic E-state index is 0.0298. The Balaban J connectivity index is 1.50. The number of hydrogen-bond donors (Lipinski definition) is 2. The van der Waals surface area contributed by atoms with Crippen LogP contribution in [0.15, 0.2) is 18.2 Å². The average molecular weight is 290 g/mol. The molecule has 1 saturated carbocycles. The lowest BCUT2D eigenvalue weighted by Crippen LogP contribution is -2.41. The van der Waals surface area contributed by atoms with Crippen LogP contribution in [0.1, 0.15) is 26.2 Å². The highest BCUT2D eigenvalue weighted by atomic mass is 16.6. The molecule has 0 bridgehead atoms. The molecule has 1 heterocycles. The Morgan fingerprint density at radius 2 is 2.05 bits per heavy atom. The molecule has 1 unspecified atom stereocenters. The third kappa shape index (κ3) is 3.47. The van der Waals surface area contributed by atoms with Crippen LogP contribution >= 0.6 is 0 Å². The van der Waals surface area contributed by atoms with Crippen molar-refractivity contribution in [2.24, 2.45) is 5.92 Å². The van der Waals surface area contributed by atoms with Crippen molar-refractivity contribution in [3.05, 3.63) is 18.2 Å². The van der Waals surface area contributed by atoms with Crippen molar-refractivity contribution < 1.29 is 14.3 Å². The van der Waals surface area contributed by atoms with Crippen LogP contribution in [0.3, 0.4) is 0 Å². The van der Waals surface area contributed by atoms with Gasteiger partial charge in [0, 0.05) is 17.8 Å². The summed E-state index contributed by atoms with van der Waals surface area (Å²) in [6.07, 6.45) is 3.87. The van der Waals surface area contributed by atoms with Crippen molar-refractivity contribution in [2.45, 2.75) is 32.2 Å². The highest BCUT2D eigenvalue weighted by Crippen LogP contribution is 2.32. The first kappa shape index (κ1) is 14.2. The summed E-state index contributed by atoms with van der Waals surface area (Å²) < 4.78 is 11.0. The molecule has 2 aliphatic rings. The second-order valence-corrected chi connectivity index (χ2v) is 5.77. The number of fused-ring (bicyclic) bond motifs is 1. The second-order valence-electron chi connectivity index (χ2n) is 5.77. The zero-order valence-corrected chi connectivity index (χ0v) is 12.4. The molecule has 1 aromatic rings. The van der Waals surface area contributed by atoms with Gasteiger partial charge in [-0.05, 0) is 37.8 Å². The number of anilines is 1. The Labute approximate surface area is 125 Å². The summed E-state index contributed by atoms with van der Waals surface area (Å²) in [5.74, 6) is 2.12. The third-order valence-electron chi connectivity index (χ3n) is 4.27. The summed E-state index contributed by atoms with van der Waals surface area (Å²) in [4.78, 5) is 12.0. The van der Waals surface area contributed by atoms with Gasteiger partial charge in [0.25, 0.3) is 0 Å². The Morgan fingerprint density at radius 3 is 2.76 bits per heavy atom. The number of benzene rings is 1. The van der Waals surface area contributed by atoms with E-state index in [1.54, 1.807) is 0 Å². The van der Waals surface area contributed by atoms with E-state index in [1.165, 1.54) is 19.3 Å². The van der Waals surface area contributed by atoms with Crippen LogP contribution in [0.4, 0.5) is 5.69 Å². The molecule has 114 valence electrons. The van der Waals surface area contributed by atoms with Gasteiger partial charge in [0.1, 0.15) is 13.2 Å². The molecule has 0 spiro atoms. The summed E-state index contributed by atoms with van der Waals surface area (Å²) in [6.45, 7) is 3.61. The summed E-state index contributed by atoms with van der Waals surface area (Å²) in [6, 6.07) is 5.88. The van der Waals surface area contributed by atoms with Crippen molar-refractivity contribution in [3.63, 3.8) is 0 Å². The van der Waals surface area contributed by atoms with Gasteiger partial charge in [-0.1, -0.05) is 6.42 Å². The quantitative estimate of drug-likeness (QED) is 0.872. The van der Waals surface area contributed by atoms with Gasteiger partial charge in [0.2, 0.25) is 5.91 Å². The molecule has 5 nitrogen and oxygen atoms in total. The van der Waals surface area contributed by atoms with Crippen molar-refractivity contribution in [2.75, 3.05) is 25.1 Å². The molecule has 1 amide bonds. The largest absolute Gasteiger partial charge is 0.486 e. The maximum absolute atomic E-state index is 12.0. The minimum atomic E-state index is -0.0298. The molecule has 0 saturated heterocycles. The monoisotopic (exact) mass is 290 g/mol. The normalized spacial score (nSPS) is 18.7. The van der Waals surface area contributed by atoms with E-state index in [0.29, 0.717) is 31.5 Å². The van der Waals surface area contributed by atoms with Gasteiger partial charge in [-0.3, -0.25) is 4.79 Å². The number of rotatable bonds is 5. The lowest BCUT2D eigenvalue weighted by Gasteiger charge is -2.31. The molecule has 1 atom stereocenters. The number of carbonyl (C=O) groups is 1. The molecule has 1 aliphatic heterocycles. The fourth-order valence-electron chi connectivity index (χ4n) is 2.69. The molecule has 5 heteroatoms. The Morgan fingerprint density at radius 1 is 1.29 bits per heavy atom. The van der Waals surface area contributed by atoms with Crippen LogP contribution in [-0.2, 0) is 4.79 Å². The van der Waals surface area contributed by atoms with Crippen molar-refractivity contribution in [3.8, 4) is 11.5 Å². The fourth-order valence-corrected chi connectivity index (χ4v) is 2.69. The van der Waals surface area contributed by atoms with E-state index < -0.39 is 0 Å². The van der Waals surface area contributed by atoms with E-state index >= 15 is 0 Å². The van der Waals surface area contributed by atoms with Crippen LogP contribution in [-0.4, -0.2) is 31.7 Å². The zero-order valence-electron chi connectivity index (χ0n) is 12.4. The summed E-state index contributed by atoms with van der Waals surface area (Å²) in [5, 5.41) is 6.18. The number of ether oxygens (including phenoxy) is 2. The minimum Gasteiger partial charge on any atom is -0.486 e. The molecule has 2 N–H and O–H groups in total. The maximum atomic E-state index is 12.0. The van der Waals surface area contributed by atoms with E-state index in [2.05, 4.69) is 17.6 Å². The summed E-state index contributed by atoms with van der Waals surface area (Å²) in [5.41, 5.74) is 0.738. The first-order valence-corrected chi connectivity index (χ1v) is 7.65. The molecule has 0 radical (unpaired) electrons. The smallest absolute Gasteiger partial charge is 0.238 e. The predicted molar refractivity (Wildman–Crippen MR) is 80.9 cm³/mol. The maximum Gasteiger partial charge on any atom is 0.238 e. The van der Waals surface area contributed by atoms with Gasteiger partial charge in [0.05, 0.1) is 6.54 Å². The van der Waals surface area contributed by atoms with E-state index in [0.717, 1.165) is 17.4 Å². The highest BCUT2D eigenvalue weighted by molar-refractivity contribution is 5.92. The third-order valence-corrected chi connectivity index (χ3v) is 4.27. The van der Waals surface area contributed by atoms with Crippen LogP contribution in [0.2, 0.25) is 0 Å². The topological polar surface area (TPSA) is 59.6 Å². The van der Waals surface area contributed by atoms with Gasteiger partial charge >= 0.3 is 0 Å². The van der Waals surface area contributed by atoms with E-state index in [9.17, 15) is 4.79 Å². The summed E-state index contributed by atoms with van der Waals surface area (Å²) in [7, 11) is 0. The SMILES string of the molecule is CC(NCC(=O)Nc1ccc2c(c1)OCCO2)C1CCC1. The standard InChI is InChI=1S/C16H22N2O3/c1-11(12-3-2-4-12)17-10-16(19)18-13-5-6-14-15(9-13)21-8-7-20-14/h5-6,9,11-12,17H,2-4,7-8,10H2,1H3,(H,18,19). The van der Waals surface area contributed by atoms with Crippen LogP contribution in [0.5, 0.6) is 11.5 Å². The predicted octanol–water partition coefficient (Wildman–Crippen LogP) is 2.17. The highest BCUT2D eigenvalue weighted by Gasteiger charge is 2.23. The lowest BCUT2D eigenvalue weighted by atomic mass is 9.80. The van der Waals surface area contributed by atoms with Crippen LogP contribution in [0, 0.1) is 5.92 Å². The zero-order chi connectivity index (χ0) is 14.7. The molecule has 21 heavy (non-hydrogen) atoms. The van der Waals surface area contributed by atoms with Crippen molar-refractivity contribution in [1.29, 1.82) is 0 Å². The number of nitrogens with one attached hydrogen (secondary N) is 2. The van der Waals surface area contributed by atoms with E-state index in [-0.39, 0.29) is 5.91 Å². The van der Waals surface area contributed by atoms with Crippen LogP contribution < -0.4 is 20.1 Å². The van der Waals surface area contributed by atoms with Gasteiger partial charge in [-0.2, -0.15) is 0 Å². The molecule has 1 fully saturated rings. The Bertz CT molecular complexity index is 514. The molecule has 3 rings (SSSR count). The first-order chi connectivity index (χ1) is 10.2. The molecular formula is C16H22N2O3. The van der Waals surface area contributed by atoms with Gasteiger partial charge in [0.15, 0.2) is 11.5 Å². The van der Waals surface area contributed by atoms with Gasteiger partial charge in [-0.15, -0.1) is 0 Å². The van der Waals surface area contributed by atoms with Crippen molar-refractivity contribution in [1.82, 2.24) is 5.32 Å². The first-order valence-electron chi connectivity index (χ1n) is 7.65. The Hall–Kier alpha value is -1.75. The average Bonchev–Trinajstić information content (AvgIpc) is 2.43. The molecule has 1 aromatic carbocycles. The van der Waals surface area contributed by atoms with Crippen LogP contribution in [0.25, 0.3) is 0 Å². The fraction of sp³-hybridized carbons (Fsp3) is 0.562. The number of amides is 1. The second kappa shape index (κ2) is 6.35. The van der Waals surface area contributed by atoms with E-state index in [4.69, 9.17) is 9.47 Å². The summed E-state index contributed by atoms with van der Waals surface area (Å²) >= 11 is 0. The van der Waals surface area contributed by atoms with Gasteiger partial charge < -0.3 is 20.1 Å². The Kier molecular flexibility index (Phi) is 4.29. The number of carbonyl (C=O) groups excluding carboxylic acids is 1. The van der Waals surface area contributed by atoms with E-state index in [1.807, 2.05) is 18.2 Å². The number of hydrogen-bond acceptors (Lipinski definition) is 4. The van der Waals surface area contributed by atoms with Crippen molar-refractivity contribution >= 4 is 11.6 Å². The molecular weight excluding hydrogens is 268 g/mol. The van der Waals surface area contributed by atoms with Gasteiger partial charge in [-0.25, -0.2) is 0 Å².